The van der Waals surface area contributed by atoms with Gasteiger partial charge in [-0.3, -0.25) is 9.59 Å². The number of nitrogens with one attached hydrogen (secondary N) is 1. The largest absolute Gasteiger partial charge is 0.350 e. The van der Waals surface area contributed by atoms with E-state index in [-0.39, 0.29) is 11.6 Å². The molecule has 4 rings (SSSR count). The zero-order chi connectivity index (χ0) is 21.4. The molecule has 0 aliphatic carbocycles. The molecular weight excluding hydrogens is 396 g/mol. The van der Waals surface area contributed by atoms with Crippen molar-refractivity contribution >= 4 is 40.4 Å². The summed E-state index contributed by atoms with van der Waals surface area (Å²) in [7, 11) is 0. The normalized spacial score (nSPS) is 13.9. The van der Waals surface area contributed by atoms with Crippen LogP contribution in [0.15, 0.2) is 72.4 Å². The van der Waals surface area contributed by atoms with E-state index in [0.717, 1.165) is 22.4 Å². The Morgan fingerprint density at radius 3 is 1.93 bits per heavy atom. The molecule has 0 unspecified atom stereocenters. The Labute approximate surface area is 180 Å². The van der Waals surface area contributed by atoms with Crippen molar-refractivity contribution in [2.45, 2.75) is 20.8 Å². The van der Waals surface area contributed by atoms with Crippen LogP contribution in [0.25, 0.3) is 5.57 Å². The molecule has 3 aromatic carbocycles. The Morgan fingerprint density at radius 1 is 0.733 bits per heavy atom. The van der Waals surface area contributed by atoms with Crippen LogP contribution in [0, 0.1) is 20.8 Å². The lowest BCUT2D eigenvalue weighted by atomic mass is 10.0. The fourth-order valence-corrected chi connectivity index (χ4v) is 3.78. The number of benzene rings is 3. The fraction of sp³-hybridized carbons (Fsp3) is 0.120. The summed E-state index contributed by atoms with van der Waals surface area (Å²) >= 11 is 5.98. The number of imide groups is 1. The number of nitrogens with zero attached hydrogens (tertiary/aromatic N) is 1. The van der Waals surface area contributed by atoms with Gasteiger partial charge < -0.3 is 5.32 Å². The second-order valence-corrected chi connectivity index (χ2v) is 7.98. The second kappa shape index (κ2) is 7.81. The van der Waals surface area contributed by atoms with Crippen molar-refractivity contribution in [1.29, 1.82) is 0 Å². The van der Waals surface area contributed by atoms with E-state index in [0.29, 0.717) is 21.8 Å². The minimum absolute atomic E-state index is 0.267. The van der Waals surface area contributed by atoms with Crippen molar-refractivity contribution in [3.63, 3.8) is 0 Å². The van der Waals surface area contributed by atoms with Gasteiger partial charge in [-0.1, -0.05) is 47.5 Å². The maximum absolute atomic E-state index is 13.4. The molecule has 30 heavy (non-hydrogen) atoms. The molecule has 0 bridgehead atoms. The Hall–Kier alpha value is -3.37. The summed E-state index contributed by atoms with van der Waals surface area (Å²) in [4.78, 5) is 28.0. The lowest BCUT2D eigenvalue weighted by Gasteiger charge is -2.15. The maximum Gasteiger partial charge on any atom is 0.282 e. The number of anilines is 2. The molecule has 1 aliphatic heterocycles. The van der Waals surface area contributed by atoms with Crippen LogP contribution in [0.3, 0.4) is 0 Å². The van der Waals surface area contributed by atoms with Crippen LogP contribution in [-0.2, 0) is 9.59 Å². The molecule has 1 heterocycles. The Bertz CT molecular complexity index is 1160. The van der Waals surface area contributed by atoms with Crippen LogP contribution < -0.4 is 10.2 Å². The van der Waals surface area contributed by atoms with Gasteiger partial charge in [0.05, 0.1) is 11.3 Å². The van der Waals surface area contributed by atoms with Crippen molar-refractivity contribution < 1.29 is 9.59 Å². The minimum atomic E-state index is -0.392. The summed E-state index contributed by atoms with van der Waals surface area (Å²) in [5.74, 6) is -0.755. The number of carbonyl (C=O) groups excluding carboxylic acids is 2. The van der Waals surface area contributed by atoms with Gasteiger partial charge in [-0.2, -0.15) is 0 Å². The molecule has 0 fully saturated rings. The Balaban J connectivity index is 1.83. The molecule has 2 amide bonds. The first-order valence-electron chi connectivity index (χ1n) is 9.64. The van der Waals surface area contributed by atoms with E-state index < -0.39 is 5.91 Å². The summed E-state index contributed by atoms with van der Waals surface area (Å²) in [6.07, 6.45) is 0. The highest BCUT2D eigenvalue weighted by Gasteiger charge is 2.40. The zero-order valence-corrected chi connectivity index (χ0v) is 17.7. The van der Waals surface area contributed by atoms with E-state index in [9.17, 15) is 9.59 Å². The first-order chi connectivity index (χ1) is 14.3. The number of halogens is 1. The summed E-state index contributed by atoms with van der Waals surface area (Å²) in [5.41, 5.74) is 5.79. The van der Waals surface area contributed by atoms with Gasteiger partial charge in [0.15, 0.2) is 0 Å². The topological polar surface area (TPSA) is 49.4 Å². The number of aryl methyl sites for hydroxylation is 3. The van der Waals surface area contributed by atoms with Gasteiger partial charge in [0.2, 0.25) is 0 Å². The van der Waals surface area contributed by atoms with E-state index in [4.69, 9.17) is 11.6 Å². The Morgan fingerprint density at radius 2 is 1.33 bits per heavy atom. The number of carbonyl (C=O) groups is 2. The van der Waals surface area contributed by atoms with Crippen molar-refractivity contribution in [2.75, 3.05) is 10.2 Å². The number of hydrogen-bond acceptors (Lipinski definition) is 3. The summed E-state index contributed by atoms with van der Waals surface area (Å²) in [6.45, 7) is 5.97. The van der Waals surface area contributed by atoms with Gasteiger partial charge in [0, 0.05) is 10.7 Å². The molecular formula is C25H21ClN2O2. The molecule has 0 radical (unpaired) electrons. The highest BCUT2D eigenvalue weighted by Crippen LogP contribution is 2.34. The van der Waals surface area contributed by atoms with E-state index in [2.05, 4.69) is 11.4 Å². The fourth-order valence-electron chi connectivity index (χ4n) is 3.65. The minimum Gasteiger partial charge on any atom is -0.350 e. The van der Waals surface area contributed by atoms with Crippen molar-refractivity contribution in [3.05, 3.63) is 99.7 Å². The first kappa shape index (κ1) is 19.9. The van der Waals surface area contributed by atoms with E-state index >= 15 is 0 Å². The molecule has 0 saturated carbocycles. The van der Waals surface area contributed by atoms with Crippen LogP contribution in [0.4, 0.5) is 11.4 Å². The van der Waals surface area contributed by atoms with Crippen LogP contribution in [0.5, 0.6) is 0 Å². The predicted octanol–water partition coefficient (Wildman–Crippen LogP) is 5.66. The quantitative estimate of drug-likeness (QED) is 0.558. The molecule has 4 nitrogen and oxygen atoms in total. The smallest absolute Gasteiger partial charge is 0.282 e. The molecule has 0 atom stereocenters. The van der Waals surface area contributed by atoms with Crippen LogP contribution >= 0.6 is 11.6 Å². The molecule has 1 N–H and O–H groups in total. The molecule has 3 aromatic rings. The van der Waals surface area contributed by atoms with Gasteiger partial charge in [0.1, 0.15) is 5.70 Å². The lowest BCUT2D eigenvalue weighted by molar-refractivity contribution is -0.120. The van der Waals surface area contributed by atoms with E-state index in [1.165, 1.54) is 4.90 Å². The average molecular weight is 417 g/mol. The van der Waals surface area contributed by atoms with Crippen molar-refractivity contribution in [3.8, 4) is 0 Å². The highest BCUT2D eigenvalue weighted by molar-refractivity contribution is 6.46. The predicted molar refractivity (Wildman–Crippen MR) is 122 cm³/mol. The first-order valence-corrected chi connectivity index (χ1v) is 10.0. The maximum atomic E-state index is 13.4. The van der Waals surface area contributed by atoms with Gasteiger partial charge >= 0.3 is 0 Å². The van der Waals surface area contributed by atoms with E-state index in [1.807, 2.05) is 57.2 Å². The van der Waals surface area contributed by atoms with Crippen LogP contribution in [0.1, 0.15) is 22.3 Å². The third-order valence-corrected chi connectivity index (χ3v) is 5.25. The zero-order valence-electron chi connectivity index (χ0n) is 17.0. The van der Waals surface area contributed by atoms with E-state index in [1.54, 1.807) is 24.3 Å². The number of amides is 2. The Kier molecular flexibility index (Phi) is 5.18. The molecule has 150 valence electrons. The van der Waals surface area contributed by atoms with Gasteiger partial charge in [-0.15, -0.1) is 0 Å². The second-order valence-electron chi connectivity index (χ2n) is 7.54. The monoisotopic (exact) mass is 416 g/mol. The molecule has 0 spiro atoms. The standard InChI is InChI=1S/C25H21ClN2O2/c1-15-4-6-18(7-5-15)22-23(27-20-13-16(2)12-17(3)14-20)25(30)28(24(22)29)21-10-8-19(26)9-11-21/h4-14,27H,1-3H3. The molecule has 0 aromatic heterocycles. The molecule has 0 saturated heterocycles. The SMILES string of the molecule is Cc1ccc(C2=C(Nc3cc(C)cc(C)c3)C(=O)N(c3ccc(Cl)cc3)C2=O)cc1. The summed E-state index contributed by atoms with van der Waals surface area (Å²) in [6, 6.07) is 20.2. The van der Waals surface area contributed by atoms with Gasteiger partial charge in [-0.25, -0.2) is 4.90 Å². The number of rotatable bonds is 4. The number of hydrogen-bond donors (Lipinski definition) is 1. The third-order valence-electron chi connectivity index (χ3n) is 5.00. The van der Waals surface area contributed by atoms with Crippen molar-refractivity contribution in [1.82, 2.24) is 0 Å². The third kappa shape index (κ3) is 3.74. The summed E-state index contributed by atoms with van der Waals surface area (Å²) in [5, 5.41) is 3.76. The van der Waals surface area contributed by atoms with Crippen molar-refractivity contribution in [2.24, 2.45) is 0 Å². The highest BCUT2D eigenvalue weighted by atomic mass is 35.5. The average Bonchev–Trinajstić information content (AvgIpc) is 2.93. The summed E-state index contributed by atoms with van der Waals surface area (Å²) < 4.78 is 0. The van der Waals surface area contributed by atoms with Gasteiger partial charge in [-0.05, 0) is 73.9 Å². The molecule has 5 heteroatoms. The molecule has 1 aliphatic rings. The van der Waals surface area contributed by atoms with Crippen LogP contribution in [0.2, 0.25) is 5.02 Å². The van der Waals surface area contributed by atoms with Gasteiger partial charge in [0.25, 0.3) is 11.8 Å². The lowest BCUT2D eigenvalue weighted by Crippen LogP contribution is -2.32. The van der Waals surface area contributed by atoms with Crippen LogP contribution in [-0.4, -0.2) is 11.8 Å².